The molecule has 0 aromatic heterocycles. The molecule has 20 heavy (non-hydrogen) atoms. The van der Waals surface area contributed by atoms with Gasteiger partial charge in [-0.2, -0.15) is 0 Å². The number of methoxy groups -OCH3 is 2. The van der Waals surface area contributed by atoms with Gasteiger partial charge in [0.05, 0.1) is 20.3 Å². The van der Waals surface area contributed by atoms with Crippen molar-refractivity contribution < 1.29 is 14.3 Å². The third-order valence-electron chi connectivity index (χ3n) is 3.89. The molecule has 1 aromatic carbocycles. The zero-order valence-corrected chi connectivity index (χ0v) is 12.5. The molecule has 5 heteroatoms. The van der Waals surface area contributed by atoms with Crippen LogP contribution in [0.2, 0.25) is 0 Å². The first-order valence-corrected chi connectivity index (χ1v) is 6.74. The summed E-state index contributed by atoms with van der Waals surface area (Å²) in [7, 11) is 5.34. The average Bonchev–Trinajstić information content (AvgIpc) is 2.46. The van der Waals surface area contributed by atoms with Crippen LogP contribution in [0.3, 0.4) is 0 Å². The van der Waals surface area contributed by atoms with Crippen LogP contribution in [-0.4, -0.2) is 56.6 Å². The highest BCUT2D eigenvalue weighted by molar-refractivity contribution is 5.73. The SMILES string of the molecule is COc1ccc(C2CN(C(C)=O)CCN2C)cc1OC. The molecule has 0 saturated carbocycles. The second-order valence-corrected chi connectivity index (χ2v) is 5.08. The highest BCUT2D eigenvalue weighted by Crippen LogP contribution is 2.32. The highest BCUT2D eigenvalue weighted by Gasteiger charge is 2.27. The molecule has 1 aliphatic rings. The summed E-state index contributed by atoms with van der Waals surface area (Å²) >= 11 is 0. The van der Waals surface area contributed by atoms with Crippen molar-refractivity contribution in [2.45, 2.75) is 13.0 Å². The van der Waals surface area contributed by atoms with E-state index in [0.717, 1.165) is 30.2 Å². The monoisotopic (exact) mass is 278 g/mol. The molecule has 0 aliphatic carbocycles. The van der Waals surface area contributed by atoms with Gasteiger partial charge in [0.15, 0.2) is 11.5 Å². The fourth-order valence-electron chi connectivity index (χ4n) is 2.58. The molecule has 1 amide bonds. The molecule has 2 rings (SSSR count). The van der Waals surface area contributed by atoms with Crippen LogP contribution in [0, 0.1) is 0 Å². The molecule has 0 spiro atoms. The number of nitrogens with zero attached hydrogens (tertiary/aromatic N) is 2. The molecule has 110 valence electrons. The van der Waals surface area contributed by atoms with Crippen LogP contribution in [-0.2, 0) is 4.79 Å². The Hall–Kier alpha value is -1.75. The second kappa shape index (κ2) is 6.13. The van der Waals surface area contributed by atoms with Crippen LogP contribution in [0.1, 0.15) is 18.5 Å². The summed E-state index contributed by atoms with van der Waals surface area (Å²) in [6.45, 7) is 3.99. The number of hydrogen-bond acceptors (Lipinski definition) is 4. The molecule has 1 atom stereocenters. The average molecular weight is 278 g/mol. The number of hydrogen-bond donors (Lipinski definition) is 0. The molecule has 1 aromatic rings. The van der Waals surface area contributed by atoms with Crippen LogP contribution in [0.4, 0.5) is 0 Å². The molecule has 1 fully saturated rings. The summed E-state index contributed by atoms with van der Waals surface area (Å²) in [5.74, 6) is 1.57. The number of benzene rings is 1. The van der Waals surface area contributed by atoms with Gasteiger partial charge in [-0.15, -0.1) is 0 Å². The first-order chi connectivity index (χ1) is 9.56. The Morgan fingerprint density at radius 1 is 1.20 bits per heavy atom. The predicted octanol–water partition coefficient (Wildman–Crippen LogP) is 1.54. The van der Waals surface area contributed by atoms with Crippen molar-refractivity contribution in [2.75, 3.05) is 40.9 Å². The Labute approximate surface area is 120 Å². The van der Waals surface area contributed by atoms with Gasteiger partial charge in [-0.05, 0) is 24.7 Å². The van der Waals surface area contributed by atoms with E-state index in [1.807, 2.05) is 23.1 Å². The number of ether oxygens (including phenoxy) is 2. The minimum atomic E-state index is 0.128. The maximum atomic E-state index is 11.6. The van der Waals surface area contributed by atoms with E-state index in [0.29, 0.717) is 6.54 Å². The zero-order chi connectivity index (χ0) is 14.7. The number of likely N-dealkylation sites (N-methyl/N-ethyl adjacent to an activating group) is 1. The summed E-state index contributed by atoms with van der Waals surface area (Å²) in [5.41, 5.74) is 1.14. The molecule has 1 unspecified atom stereocenters. The molecule has 1 aliphatic heterocycles. The van der Waals surface area contributed by atoms with Gasteiger partial charge in [0, 0.05) is 26.6 Å². The fraction of sp³-hybridized carbons (Fsp3) is 0.533. The molecule has 0 bridgehead atoms. The quantitative estimate of drug-likeness (QED) is 0.841. The molecule has 0 N–H and O–H groups in total. The molecule has 1 saturated heterocycles. The summed E-state index contributed by atoms with van der Waals surface area (Å²) in [4.78, 5) is 15.7. The smallest absolute Gasteiger partial charge is 0.219 e. The van der Waals surface area contributed by atoms with Gasteiger partial charge in [-0.3, -0.25) is 9.69 Å². The van der Waals surface area contributed by atoms with Crippen molar-refractivity contribution >= 4 is 5.91 Å². The summed E-state index contributed by atoms with van der Waals surface area (Å²) < 4.78 is 10.6. The zero-order valence-electron chi connectivity index (χ0n) is 12.5. The van der Waals surface area contributed by atoms with Crippen molar-refractivity contribution in [1.82, 2.24) is 9.80 Å². The van der Waals surface area contributed by atoms with E-state index >= 15 is 0 Å². The van der Waals surface area contributed by atoms with Crippen LogP contribution in [0.5, 0.6) is 11.5 Å². The lowest BCUT2D eigenvalue weighted by atomic mass is 10.0. The predicted molar refractivity (Wildman–Crippen MR) is 77.2 cm³/mol. The normalized spacial score (nSPS) is 19.8. The third kappa shape index (κ3) is 2.88. The first kappa shape index (κ1) is 14.7. The molecule has 0 radical (unpaired) electrons. The van der Waals surface area contributed by atoms with Crippen molar-refractivity contribution in [3.63, 3.8) is 0 Å². The van der Waals surface area contributed by atoms with Gasteiger partial charge in [-0.1, -0.05) is 6.07 Å². The number of rotatable bonds is 3. The number of carbonyl (C=O) groups is 1. The lowest BCUT2D eigenvalue weighted by Crippen LogP contribution is -2.48. The van der Waals surface area contributed by atoms with E-state index in [9.17, 15) is 4.79 Å². The minimum absolute atomic E-state index is 0.128. The van der Waals surface area contributed by atoms with E-state index in [4.69, 9.17) is 9.47 Å². The van der Waals surface area contributed by atoms with Crippen molar-refractivity contribution in [3.8, 4) is 11.5 Å². The van der Waals surface area contributed by atoms with Gasteiger partial charge < -0.3 is 14.4 Å². The Kier molecular flexibility index (Phi) is 4.49. The fourth-order valence-corrected chi connectivity index (χ4v) is 2.58. The topological polar surface area (TPSA) is 42.0 Å². The number of carbonyl (C=O) groups excluding carboxylic acids is 1. The summed E-state index contributed by atoms with van der Waals surface area (Å²) in [5, 5.41) is 0. The molecule has 1 heterocycles. The molecular weight excluding hydrogens is 256 g/mol. The van der Waals surface area contributed by atoms with Crippen LogP contribution in [0.15, 0.2) is 18.2 Å². The van der Waals surface area contributed by atoms with E-state index in [-0.39, 0.29) is 11.9 Å². The van der Waals surface area contributed by atoms with Gasteiger partial charge in [0.2, 0.25) is 5.91 Å². The largest absolute Gasteiger partial charge is 0.493 e. The van der Waals surface area contributed by atoms with Crippen molar-refractivity contribution in [3.05, 3.63) is 23.8 Å². The lowest BCUT2D eigenvalue weighted by molar-refractivity contribution is -0.131. The Balaban J connectivity index is 2.26. The van der Waals surface area contributed by atoms with Gasteiger partial charge in [0.25, 0.3) is 0 Å². The maximum Gasteiger partial charge on any atom is 0.219 e. The standard InChI is InChI=1S/C15H22N2O3/c1-11(18)17-8-7-16(2)13(10-17)12-5-6-14(19-3)15(9-12)20-4/h5-6,9,13H,7-8,10H2,1-4H3. The lowest BCUT2D eigenvalue weighted by Gasteiger charge is -2.39. The minimum Gasteiger partial charge on any atom is -0.493 e. The maximum absolute atomic E-state index is 11.6. The molecule has 5 nitrogen and oxygen atoms in total. The summed E-state index contributed by atoms with van der Waals surface area (Å²) in [6.07, 6.45) is 0. The van der Waals surface area contributed by atoms with Crippen molar-refractivity contribution in [1.29, 1.82) is 0 Å². The van der Waals surface area contributed by atoms with E-state index in [2.05, 4.69) is 11.9 Å². The number of amides is 1. The number of piperazine rings is 1. The Bertz CT molecular complexity index is 490. The summed E-state index contributed by atoms with van der Waals surface area (Å²) in [6, 6.07) is 6.12. The van der Waals surface area contributed by atoms with Crippen LogP contribution >= 0.6 is 0 Å². The van der Waals surface area contributed by atoms with Crippen LogP contribution < -0.4 is 9.47 Å². The van der Waals surface area contributed by atoms with Gasteiger partial charge in [-0.25, -0.2) is 0 Å². The van der Waals surface area contributed by atoms with Gasteiger partial charge >= 0.3 is 0 Å². The second-order valence-electron chi connectivity index (χ2n) is 5.08. The first-order valence-electron chi connectivity index (χ1n) is 6.74. The van der Waals surface area contributed by atoms with E-state index in [1.165, 1.54) is 0 Å². The molecular formula is C15H22N2O3. The highest BCUT2D eigenvalue weighted by atomic mass is 16.5. The Morgan fingerprint density at radius 3 is 2.50 bits per heavy atom. The third-order valence-corrected chi connectivity index (χ3v) is 3.89. The van der Waals surface area contributed by atoms with Gasteiger partial charge in [0.1, 0.15) is 0 Å². The van der Waals surface area contributed by atoms with Crippen molar-refractivity contribution in [2.24, 2.45) is 0 Å². The van der Waals surface area contributed by atoms with E-state index < -0.39 is 0 Å². The van der Waals surface area contributed by atoms with Crippen LogP contribution in [0.25, 0.3) is 0 Å². The van der Waals surface area contributed by atoms with E-state index in [1.54, 1.807) is 21.1 Å². The Morgan fingerprint density at radius 2 is 1.90 bits per heavy atom.